The number of aromatic nitrogens is 2. The summed E-state index contributed by atoms with van der Waals surface area (Å²) in [7, 11) is 0. The average Bonchev–Trinajstić information content (AvgIpc) is 2.91. The maximum absolute atomic E-state index is 12.0. The third-order valence-electron chi connectivity index (χ3n) is 4.22. The van der Waals surface area contributed by atoms with E-state index in [9.17, 15) is 4.79 Å². The monoisotopic (exact) mass is 316 g/mol. The zero-order valence-corrected chi connectivity index (χ0v) is 13.8. The van der Waals surface area contributed by atoms with Crippen LogP contribution in [0.25, 0.3) is 16.5 Å². The molecule has 0 unspecified atom stereocenters. The highest BCUT2D eigenvalue weighted by Crippen LogP contribution is 2.24. The van der Waals surface area contributed by atoms with Crippen LogP contribution in [0, 0.1) is 6.92 Å². The Morgan fingerprint density at radius 3 is 2.79 bits per heavy atom. The van der Waals surface area contributed by atoms with Crippen molar-refractivity contribution in [3.8, 4) is 0 Å². The fraction of sp³-hybridized carbons (Fsp3) is 0.0952. The highest BCUT2D eigenvalue weighted by molar-refractivity contribution is 5.81. The average molecular weight is 316 g/mol. The van der Waals surface area contributed by atoms with Gasteiger partial charge in [0.1, 0.15) is 0 Å². The second kappa shape index (κ2) is 6.59. The van der Waals surface area contributed by atoms with Gasteiger partial charge in [0.15, 0.2) is 0 Å². The molecule has 0 amide bonds. The molecule has 3 aromatic rings. The molecule has 0 bridgehead atoms. The maximum atomic E-state index is 12.0. The highest BCUT2D eigenvalue weighted by atomic mass is 16.1. The molecule has 0 aliphatic carbocycles. The molecule has 3 heteroatoms. The number of fused-ring (bicyclic) bond motifs is 1. The Bertz CT molecular complexity index is 1000. The van der Waals surface area contributed by atoms with Crippen LogP contribution in [0.15, 0.2) is 78.8 Å². The summed E-state index contributed by atoms with van der Waals surface area (Å²) in [5, 5.41) is 0.720. The topological polar surface area (TPSA) is 37.8 Å². The molecule has 120 valence electrons. The standard InChI is InChI=1S/C21H20N2O/c1-4-8-16(5-2)18-10-7-6-9-17(18)14-23-15(3)13-19-20(23)11-12-22-21(19)24/h4-13H,1-2,14H2,3H3,(H,22,24)/b16-8+. The van der Waals surface area contributed by atoms with Crippen molar-refractivity contribution in [1.82, 2.24) is 9.55 Å². The van der Waals surface area contributed by atoms with Gasteiger partial charge in [0.25, 0.3) is 5.56 Å². The molecule has 2 aromatic heterocycles. The van der Waals surface area contributed by atoms with Crippen LogP contribution >= 0.6 is 0 Å². The van der Waals surface area contributed by atoms with Gasteiger partial charge in [-0.1, -0.05) is 55.7 Å². The molecule has 1 aromatic carbocycles. The van der Waals surface area contributed by atoms with Gasteiger partial charge in [-0.3, -0.25) is 4.79 Å². The summed E-state index contributed by atoms with van der Waals surface area (Å²) in [5.41, 5.74) is 5.28. The fourth-order valence-corrected chi connectivity index (χ4v) is 3.05. The zero-order valence-electron chi connectivity index (χ0n) is 13.8. The number of nitrogens with one attached hydrogen (secondary N) is 1. The minimum Gasteiger partial charge on any atom is -0.340 e. The number of pyridine rings is 1. The van der Waals surface area contributed by atoms with Gasteiger partial charge in [0.05, 0.1) is 10.9 Å². The molecule has 0 fully saturated rings. The van der Waals surface area contributed by atoms with Gasteiger partial charge >= 0.3 is 0 Å². The first-order valence-corrected chi connectivity index (χ1v) is 7.86. The first kappa shape index (κ1) is 15.8. The van der Waals surface area contributed by atoms with Crippen LogP contribution in [0.3, 0.4) is 0 Å². The first-order valence-electron chi connectivity index (χ1n) is 7.86. The summed E-state index contributed by atoms with van der Waals surface area (Å²) >= 11 is 0. The SMILES string of the molecule is C=C/C=C(\C=C)c1ccccc1Cn1c(C)cc2c(=O)[nH]ccc21. The largest absolute Gasteiger partial charge is 0.340 e. The van der Waals surface area contributed by atoms with Gasteiger partial charge in [-0.2, -0.15) is 0 Å². The van der Waals surface area contributed by atoms with E-state index in [1.165, 1.54) is 5.56 Å². The summed E-state index contributed by atoms with van der Waals surface area (Å²) in [6, 6.07) is 12.1. The van der Waals surface area contributed by atoms with Crippen molar-refractivity contribution in [2.45, 2.75) is 13.5 Å². The molecule has 24 heavy (non-hydrogen) atoms. The predicted octanol–water partition coefficient (Wildman–Crippen LogP) is 4.44. The molecule has 3 rings (SSSR count). The van der Waals surface area contributed by atoms with E-state index in [0.717, 1.165) is 27.7 Å². The Balaban J connectivity index is 2.14. The van der Waals surface area contributed by atoms with Crippen molar-refractivity contribution in [2.24, 2.45) is 0 Å². The van der Waals surface area contributed by atoms with Gasteiger partial charge in [0.2, 0.25) is 0 Å². The maximum Gasteiger partial charge on any atom is 0.257 e. The van der Waals surface area contributed by atoms with E-state index in [1.807, 2.05) is 43.3 Å². The summed E-state index contributed by atoms with van der Waals surface area (Å²) in [6.07, 6.45) is 7.26. The van der Waals surface area contributed by atoms with Crippen molar-refractivity contribution < 1.29 is 0 Å². The lowest BCUT2D eigenvalue weighted by Crippen LogP contribution is -2.07. The van der Waals surface area contributed by atoms with E-state index in [0.29, 0.717) is 6.54 Å². The van der Waals surface area contributed by atoms with Gasteiger partial charge in [-0.25, -0.2) is 0 Å². The van der Waals surface area contributed by atoms with Crippen LogP contribution in [0.2, 0.25) is 0 Å². The quantitative estimate of drug-likeness (QED) is 0.694. The smallest absolute Gasteiger partial charge is 0.257 e. The van der Waals surface area contributed by atoms with Crippen molar-refractivity contribution in [2.75, 3.05) is 0 Å². The Labute approximate surface area is 141 Å². The van der Waals surface area contributed by atoms with Gasteiger partial charge < -0.3 is 9.55 Å². The molecule has 1 N–H and O–H groups in total. The molecule has 3 nitrogen and oxygen atoms in total. The number of allylic oxidation sites excluding steroid dienone is 4. The van der Waals surface area contributed by atoms with Crippen LogP contribution in [0.1, 0.15) is 16.8 Å². The lowest BCUT2D eigenvalue weighted by Gasteiger charge is -2.13. The van der Waals surface area contributed by atoms with E-state index in [2.05, 4.69) is 34.8 Å². The predicted molar refractivity (Wildman–Crippen MR) is 101 cm³/mol. The lowest BCUT2D eigenvalue weighted by molar-refractivity contribution is 0.803. The number of rotatable bonds is 5. The molecule has 0 spiro atoms. The number of aromatic amines is 1. The molecule has 0 aliphatic heterocycles. The van der Waals surface area contributed by atoms with Crippen LogP contribution in [-0.4, -0.2) is 9.55 Å². The Morgan fingerprint density at radius 1 is 1.25 bits per heavy atom. The number of hydrogen-bond acceptors (Lipinski definition) is 1. The number of H-pyrrole nitrogens is 1. The Kier molecular flexibility index (Phi) is 4.34. The van der Waals surface area contributed by atoms with E-state index >= 15 is 0 Å². The molecule has 0 atom stereocenters. The molecule has 0 aliphatic rings. The molecule has 0 saturated carbocycles. The van der Waals surface area contributed by atoms with Crippen LogP contribution in [0.4, 0.5) is 0 Å². The minimum atomic E-state index is -0.0547. The lowest BCUT2D eigenvalue weighted by atomic mass is 9.99. The third-order valence-corrected chi connectivity index (χ3v) is 4.22. The second-order valence-electron chi connectivity index (χ2n) is 5.70. The molecule has 2 heterocycles. The van der Waals surface area contributed by atoms with Crippen molar-refractivity contribution in [3.05, 3.63) is 101 Å². The molecular formula is C21H20N2O. The van der Waals surface area contributed by atoms with Crippen LogP contribution < -0.4 is 5.56 Å². The van der Waals surface area contributed by atoms with E-state index in [1.54, 1.807) is 12.3 Å². The Morgan fingerprint density at radius 2 is 2.04 bits per heavy atom. The van der Waals surface area contributed by atoms with Crippen molar-refractivity contribution >= 4 is 16.5 Å². The van der Waals surface area contributed by atoms with E-state index in [4.69, 9.17) is 0 Å². The van der Waals surface area contributed by atoms with Gasteiger partial charge in [0, 0.05) is 18.4 Å². The van der Waals surface area contributed by atoms with Gasteiger partial charge in [-0.05, 0) is 35.8 Å². The summed E-state index contributed by atoms with van der Waals surface area (Å²) in [5.74, 6) is 0. The van der Waals surface area contributed by atoms with E-state index < -0.39 is 0 Å². The summed E-state index contributed by atoms with van der Waals surface area (Å²) in [6.45, 7) is 10.4. The zero-order chi connectivity index (χ0) is 17.1. The highest BCUT2D eigenvalue weighted by Gasteiger charge is 2.11. The third kappa shape index (κ3) is 2.76. The fourth-order valence-electron chi connectivity index (χ4n) is 3.05. The van der Waals surface area contributed by atoms with Gasteiger partial charge in [-0.15, -0.1) is 0 Å². The normalized spacial score (nSPS) is 11.6. The number of aryl methyl sites for hydroxylation is 1. The Hall–Kier alpha value is -3.07. The summed E-state index contributed by atoms with van der Waals surface area (Å²) in [4.78, 5) is 14.7. The van der Waals surface area contributed by atoms with Crippen LogP contribution in [0.5, 0.6) is 0 Å². The molecular weight excluding hydrogens is 296 g/mol. The number of hydrogen-bond donors (Lipinski definition) is 1. The van der Waals surface area contributed by atoms with Crippen molar-refractivity contribution in [3.63, 3.8) is 0 Å². The second-order valence-corrected chi connectivity index (χ2v) is 5.70. The molecule has 0 radical (unpaired) electrons. The van der Waals surface area contributed by atoms with Crippen LogP contribution in [-0.2, 0) is 6.54 Å². The van der Waals surface area contributed by atoms with Crippen molar-refractivity contribution in [1.29, 1.82) is 0 Å². The number of nitrogens with zero attached hydrogens (tertiary/aromatic N) is 1. The number of benzene rings is 1. The van der Waals surface area contributed by atoms with E-state index in [-0.39, 0.29) is 5.56 Å². The molecule has 0 saturated heterocycles. The first-order chi connectivity index (χ1) is 11.7. The summed E-state index contributed by atoms with van der Waals surface area (Å²) < 4.78 is 2.16. The minimum absolute atomic E-state index is 0.0547.